The minimum Gasteiger partial charge on any atom is -0.496 e. The van der Waals surface area contributed by atoms with Crippen molar-refractivity contribution in [2.24, 2.45) is 5.73 Å². The second-order valence-corrected chi connectivity index (χ2v) is 3.85. The summed E-state index contributed by atoms with van der Waals surface area (Å²) in [6, 6.07) is 15.1. The first-order valence-electron chi connectivity index (χ1n) is 5.47. The lowest BCUT2D eigenvalue weighted by atomic mass is 9.97. The van der Waals surface area contributed by atoms with Gasteiger partial charge < -0.3 is 16.2 Å². The molecule has 0 fully saturated rings. The molecule has 0 aliphatic rings. The molecule has 0 amide bonds. The third-order valence-corrected chi connectivity index (χ3v) is 2.79. The molecule has 1 unspecified atom stereocenters. The number of nitrogens with two attached hydrogens (primary N) is 2. The predicted octanol–water partition coefficient (Wildman–Crippen LogP) is 2.33. The molecule has 0 radical (unpaired) electrons. The van der Waals surface area contributed by atoms with Crippen molar-refractivity contribution in [2.75, 3.05) is 12.8 Å². The standard InChI is InChI=1S/C14H16N2O/c1-17-12-9-5-8-11(15)13(12)14(16)10-6-3-2-4-7-10/h2-9,14H,15-16H2,1H3. The molecule has 2 rings (SSSR count). The van der Waals surface area contributed by atoms with Crippen LogP contribution in [-0.4, -0.2) is 7.11 Å². The SMILES string of the molecule is COc1cccc(N)c1C(N)c1ccccc1. The Hall–Kier alpha value is -2.00. The van der Waals surface area contributed by atoms with Crippen LogP contribution in [-0.2, 0) is 0 Å². The number of methoxy groups -OCH3 is 1. The Kier molecular flexibility index (Phi) is 3.30. The van der Waals surface area contributed by atoms with E-state index in [1.54, 1.807) is 7.11 Å². The number of ether oxygens (including phenoxy) is 1. The van der Waals surface area contributed by atoms with Crippen LogP contribution in [0.5, 0.6) is 5.75 Å². The summed E-state index contributed by atoms with van der Waals surface area (Å²) in [5.74, 6) is 0.723. The summed E-state index contributed by atoms with van der Waals surface area (Å²) in [5, 5.41) is 0. The molecule has 3 heteroatoms. The van der Waals surface area contributed by atoms with Crippen LogP contribution in [0, 0.1) is 0 Å². The minimum absolute atomic E-state index is 0.271. The van der Waals surface area contributed by atoms with Crippen LogP contribution >= 0.6 is 0 Å². The van der Waals surface area contributed by atoms with Crippen molar-refractivity contribution >= 4 is 5.69 Å². The monoisotopic (exact) mass is 228 g/mol. The Morgan fingerprint density at radius 3 is 2.35 bits per heavy atom. The Morgan fingerprint density at radius 1 is 1.00 bits per heavy atom. The first kappa shape index (κ1) is 11.5. The van der Waals surface area contributed by atoms with Crippen LogP contribution in [0.3, 0.4) is 0 Å². The molecule has 2 aromatic rings. The van der Waals surface area contributed by atoms with Crippen molar-refractivity contribution < 1.29 is 4.74 Å². The van der Waals surface area contributed by atoms with Crippen molar-refractivity contribution in [3.63, 3.8) is 0 Å². The van der Waals surface area contributed by atoms with E-state index in [1.165, 1.54) is 0 Å². The zero-order chi connectivity index (χ0) is 12.3. The maximum absolute atomic E-state index is 6.23. The molecule has 0 bridgehead atoms. The number of anilines is 1. The topological polar surface area (TPSA) is 61.3 Å². The lowest BCUT2D eigenvalue weighted by molar-refractivity contribution is 0.408. The second-order valence-electron chi connectivity index (χ2n) is 3.85. The van der Waals surface area contributed by atoms with Gasteiger partial charge in [-0.1, -0.05) is 36.4 Å². The predicted molar refractivity (Wildman–Crippen MR) is 69.9 cm³/mol. The highest BCUT2D eigenvalue weighted by atomic mass is 16.5. The van der Waals surface area contributed by atoms with E-state index in [1.807, 2.05) is 48.5 Å². The lowest BCUT2D eigenvalue weighted by Gasteiger charge is -2.18. The van der Waals surface area contributed by atoms with E-state index < -0.39 is 0 Å². The van der Waals surface area contributed by atoms with Gasteiger partial charge in [0.05, 0.1) is 13.2 Å². The first-order valence-corrected chi connectivity index (χ1v) is 5.47. The molecule has 17 heavy (non-hydrogen) atoms. The quantitative estimate of drug-likeness (QED) is 0.792. The smallest absolute Gasteiger partial charge is 0.126 e. The van der Waals surface area contributed by atoms with Gasteiger partial charge in [-0.05, 0) is 17.7 Å². The zero-order valence-corrected chi connectivity index (χ0v) is 9.76. The molecular weight excluding hydrogens is 212 g/mol. The summed E-state index contributed by atoms with van der Waals surface area (Å²) in [5.41, 5.74) is 14.7. The van der Waals surface area contributed by atoms with Gasteiger partial charge in [0.15, 0.2) is 0 Å². The van der Waals surface area contributed by atoms with Gasteiger partial charge in [-0.3, -0.25) is 0 Å². The van der Waals surface area contributed by atoms with E-state index in [4.69, 9.17) is 16.2 Å². The zero-order valence-electron chi connectivity index (χ0n) is 9.76. The normalized spacial score (nSPS) is 12.1. The maximum atomic E-state index is 6.23. The molecule has 0 saturated carbocycles. The average molecular weight is 228 g/mol. The molecule has 2 aromatic carbocycles. The maximum Gasteiger partial charge on any atom is 0.126 e. The molecule has 0 aromatic heterocycles. The summed E-state index contributed by atoms with van der Waals surface area (Å²) < 4.78 is 5.31. The average Bonchev–Trinajstić information content (AvgIpc) is 2.38. The van der Waals surface area contributed by atoms with E-state index in [2.05, 4.69) is 0 Å². The van der Waals surface area contributed by atoms with Gasteiger partial charge in [0.1, 0.15) is 5.75 Å². The van der Waals surface area contributed by atoms with Gasteiger partial charge in [0.25, 0.3) is 0 Å². The summed E-state index contributed by atoms with van der Waals surface area (Å²) in [6.45, 7) is 0. The number of rotatable bonds is 3. The molecule has 3 nitrogen and oxygen atoms in total. The molecule has 0 aliphatic heterocycles. The third-order valence-electron chi connectivity index (χ3n) is 2.79. The summed E-state index contributed by atoms with van der Waals surface area (Å²) in [6.07, 6.45) is 0. The van der Waals surface area contributed by atoms with Gasteiger partial charge in [-0.15, -0.1) is 0 Å². The molecule has 0 aliphatic carbocycles. The fourth-order valence-electron chi connectivity index (χ4n) is 1.90. The van der Waals surface area contributed by atoms with Crippen molar-refractivity contribution in [3.05, 3.63) is 59.7 Å². The van der Waals surface area contributed by atoms with E-state index in [0.29, 0.717) is 5.69 Å². The van der Waals surface area contributed by atoms with Crippen LogP contribution in [0.25, 0.3) is 0 Å². The molecule has 0 spiro atoms. The van der Waals surface area contributed by atoms with E-state index in [-0.39, 0.29) is 6.04 Å². The van der Waals surface area contributed by atoms with Gasteiger partial charge in [0, 0.05) is 11.3 Å². The Labute approximate surface area is 101 Å². The molecule has 4 N–H and O–H groups in total. The molecule has 88 valence electrons. The van der Waals surface area contributed by atoms with Crippen LogP contribution in [0.2, 0.25) is 0 Å². The van der Waals surface area contributed by atoms with Gasteiger partial charge in [0.2, 0.25) is 0 Å². The molecule has 0 heterocycles. The fraction of sp³-hybridized carbons (Fsp3) is 0.143. The number of benzene rings is 2. The highest BCUT2D eigenvalue weighted by Gasteiger charge is 2.16. The van der Waals surface area contributed by atoms with Crippen molar-refractivity contribution in [2.45, 2.75) is 6.04 Å². The summed E-state index contributed by atoms with van der Waals surface area (Å²) in [4.78, 5) is 0. The van der Waals surface area contributed by atoms with Gasteiger partial charge in [-0.2, -0.15) is 0 Å². The summed E-state index contributed by atoms with van der Waals surface area (Å²) in [7, 11) is 1.62. The lowest BCUT2D eigenvalue weighted by Crippen LogP contribution is -2.15. The molecular formula is C14H16N2O. The largest absolute Gasteiger partial charge is 0.496 e. The highest BCUT2D eigenvalue weighted by molar-refractivity contribution is 5.58. The number of hydrogen-bond acceptors (Lipinski definition) is 3. The Morgan fingerprint density at radius 2 is 1.71 bits per heavy atom. The molecule has 0 saturated heterocycles. The van der Waals surface area contributed by atoms with Crippen molar-refractivity contribution in [3.8, 4) is 5.75 Å². The van der Waals surface area contributed by atoms with E-state index >= 15 is 0 Å². The van der Waals surface area contributed by atoms with Crippen molar-refractivity contribution in [1.29, 1.82) is 0 Å². The minimum atomic E-state index is -0.271. The third kappa shape index (κ3) is 2.24. The summed E-state index contributed by atoms with van der Waals surface area (Å²) >= 11 is 0. The van der Waals surface area contributed by atoms with Gasteiger partial charge in [-0.25, -0.2) is 0 Å². The Bertz CT molecular complexity index is 497. The van der Waals surface area contributed by atoms with Crippen molar-refractivity contribution in [1.82, 2.24) is 0 Å². The van der Waals surface area contributed by atoms with Crippen LogP contribution in [0.15, 0.2) is 48.5 Å². The highest BCUT2D eigenvalue weighted by Crippen LogP contribution is 2.32. The fourth-order valence-corrected chi connectivity index (χ4v) is 1.90. The van der Waals surface area contributed by atoms with Crippen LogP contribution in [0.1, 0.15) is 17.2 Å². The van der Waals surface area contributed by atoms with Crippen LogP contribution < -0.4 is 16.2 Å². The van der Waals surface area contributed by atoms with Crippen LogP contribution in [0.4, 0.5) is 5.69 Å². The Balaban J connectivity index is 2.47. The first-order chi connectivity index (χ1) is 8.24. The number of hydrogen-bond donors (Lipinski definition) is 2. The van der Waals surface area contributed by atoms with E-state index in [0.717, 1.165) is 16.9 Å². The second kappa shape index (κ2) is 4.89. The number of nitrogen functional groups attached to an aromatic ring is 1. The van der Waals surface area contributed by atoms with E-state index in [9.17, 15) is 0 Å². The molecule has 1 atom stereocenters. The van der Waals surface area contributed by atoms with Gasteiger partial charge >= 0.3 is 0 Å².